The number of aromatic nitrogens is 5. The maximum Gasteiger partial charge on any atom is 0.278 e. The highest BCUT2D eigenvalue weighted by molar-refractivity contribution is 6.01. The fourth-order valence-corrected chi connectivity index (χ4v) is 1.92. The third-order valence-corrected chi connectivity index (χ3v) is 3.12. The molecule has 0 saturated carbocycles. The minimum Gasteiger partial charge on any atom is -0.288 e. The van der Waals surface area contributed by atoms with Crippen LogP contribution in [0, 0.1) is 0 Å². The molecule has 0 fully saturated rings. The number of carbonyl (C=O) groups excluding carboxylic acids is 1. The number of para-hydroxylation sites is 1. The van der Waals surface area contributed by atoms with Crippen molar-refractivity contribution in [2.75, 3.05) is 5.32 Å². The Morgan fingerprint density at radius 2 is 2.00 bits per heavy atom. The van der Waals surface area contributed by atoms with Gasteiger partial charge in [-0.25, -0.2) is 4.68 Å². The summed E-state index contributed by atoms with van der Waals surface area (Å²) in [5, 5.41) is 13.6. The summed E-state index contributed by atoms with van der Waals surface area (Å²) in [6.07, 6.45) is 1.74. The van der Waals surface area contributed by atoms with Crippen LogP contribution >= 0.6 is 0 Å². The third kappa shape index (κ3) is 2.88. The van der Waals surface area contributed by atoms with Gasteiger partial charge in [-0.2, -0.15) is 10.1 Å². The molecular formula is C15H16N6O. The summed E-state index contributed by atoms with van der Waals surface area (Å²) in [5.41, 5.74) is 1.20. The van der Waals surface area contributed by atoms with Crippen LogP contribution in [-0.4, -0.2) is 30.9 Å². The quantitative estimate of drug-likeness (QED) is 0.773. The predicted molar refractivity (Wildman–Crippen MR) is 82.0 cm³/mol. The summed E-state index contributed by atoms with van der Waals surface area (Å²) in [6.45, 7) is 3.99. The molecule has 1 aromatic carbocycles. The number of amides is 1. The zero-order chi connectivity index (χ0) is 15.5. The van der Waals surface area contributed by atoms with E-state index in [-0.39, 0.29) is 17.8 Å². The van der Waals surface area contributed by atoms with E-state index in [9.17, 15) is 4.79 Å². The summed E-state index contributed by atoms with van der Waals surface area (Å²) in [7, 11) is 0. The molecule has 22 heavy (non-hydrogen) atoms. The molecule has 0 bridgehead atoms. The Bertz CT molecular complexity index is 774. The SMILES string of the molecule is CC(C)c1nc(NC(=O)c2ccn(-c3ccccc3)n2)n[nH]1. The Hall–Kier alpha value is -2.96. The molecule has 1 amide bonds. The van der Waals surface area contributed by atoms with Crippen LogP contribution < -0.4 is 5.32 Å². The van der Waals surface area contributed by atoms with Crippen LogP contribution in [0.25, 0.3) is 5.69 Å². The van der Waals surface area contributed by atoms with Gasteiger partial charge in [-0.3, -0.25) is 15.2 Å². The predicted octanol–water partition coefficient (Wildman–Crippen LogP) is 2.37. The van der Waals surface area contributed by atoms with Crippen LogP contribution in [0.15, 0.2) is 42.6 Å². The average molecular weight is 296 g/mol. The molecule has 0 radical (unpaired) electrons. The number of H-pyrrole nitrogens is 1. The molecule has 0 aliphatic heterocycles. The van der Waals surface area contributed by atoms with E-state index in [0.29, 0.717) is 5.69 Å². The van der Waals surface area contributed by atoms with E-state index in [1.165, 1.54) is 0 Å². The van der Waals surface area contributed by atoms with Gasteiger partial charge in [-0.15, -0.1) is 5.10 Å². The topological polar surface area (TPSA) is 88.5 Å². The number of hydrogen-bond donors (Lipinski definition) is 2. The van der Waals surface area contributed by atoms with Crippen LogP contribution in [0.1, 0.15) is 36.1 Å². The van der Waals surface area contributed by atoms with Crippen molar-refractivity contribution in [2.45, 2.75) is 19.8 Å². The molecule has 0 saturated heterocycles. The maximum atomic E-state index is 12.2. The average Bonchev–Trinajstić information content (AvgIpc) is 3.17. The van der Waals surface area contributed by atoms with Crippen molar-refractivity contribution >= 4 is 11.9 Å². The monoisotopic (exact) mass is 296 g/mol. The lowest BCUT2D eigenvalue weighted by molar-refractivity contribution is 0.102. The normalized spacial score (nSPS) is 10.9. The molecule has 0 aliphatic carbocycles. The number of rotatable bonds is 4. The molecule has 3 rings (SSSR count). The van der Waals surface area contributed by atoms with E-state index < -0.39 is 0 Å². The lowest BCUT2D eigenvalue weighted by Crippen LogP contribution is -2.14. The van der Waals surface area contributed by atoms with E-state index in [1.54, 1.807) is 16.9 Å². The van der Waals surface area contributed by atoms with Crippen LogP contribution in [0.5, 0.6) is 0 Å². The minimum absolute atomic E-state index is 0.218. The molecule has 0 unspecified atom stereocenters. The molecule has 7 heteroatoms. The number of nitrogens with zero attached hydrogens (tertiary/aromatic N) is 4. The first kappa shape index (κ1) is 14.0. The second kappa shape index (κ2) is 5.80. The molecule has 112 valence electrons. The van der Waals surface area contributed by atoms with Crippen LogP contribution in [0.3, 0.4) is 0 Å². The molecule has 2 aromatic heterocycles. The Morgan fingerprint density at radius 3 is 2.68 bits per heavy atom. The first-order valence-electron chi connectivity index (χ1n) is 6.98. The highest BCUT2D eigenvalue weighted by Gasteiger charge is 2.14. The Morgan fingerprint density at radius 1 is 1.23 bits per heavy atom. The summed E-state index contributed by atoms with van der Waals surface area (Å²) in [4.78, 5) is 16.4. The number of nitrogens with one attached hydrogen (secondary N) is 2. The molecular weight excluding hydrogens is 280 g/mol. The van der Waals surface area contributed by atoms with Gasteiger partial charge in [-0.1, -0.05) is 32.0 Å². The third-order valence-electron chi connectivity index (χ3n) is 3.12. The van der Waals surface area contributed by atoms with Crippen molar-refractivity contribution in [3.63, 3.8) is 0 Å². The van der Waals surface area contributed by atoms with Gasteiger partial charge in [0.25, 0.3) is 5.91 Å². The molecule has 2 N–H and O–H groups in total. The zero-order valence-electron chi connectivity index (χ0n) is 12.3. The Kier molecular flexibility index (Phi) is 3.69. The van der Waals surface area contributed by atoms with E-state index in [1.807, 2.05) is 44.2 Å². The van der Waals surface area contributed by atoms with Crippen molar-refractivity contribution in [3.8, 4) is 5.69 Å². The number of anilines is 1. The highest BCUT2D eigenvalue weighted by atomic mass is 16.2. The van der Waals surface area contributed by atoms with Gasteiger partial charge >= 0.3 is 0 Å². The van der Waals surface area contributed by atoms with E-state index in [2.05, 4.69) is 25.6 Å². The molecule has 7 nitrogen and oxygen atoms in total. The van der Waals surface area contributed by atoms with E-state index >= 15 is 0 Å². The highest BCUT2D eigenvalue weighted by Crippen LogP contribution is 2.11. The van der Waals surface area contributed by atoms with Gasteiger partial charge in [0.2, 0.25) is 5.95 Å². The molecule has 0 atom stereocenters. The molecule has 2 heterocycles. The van der Waals surface area contributed by atoms with Crippen molar-refractivity contribution in [3.05, 3.63) is 54.1 Å². The van der Waals surface area contributed by atoms with Gasteiger partial charge in [0.15, 0.2) is 5.69 Å². The molecule has 0 spiro atoms. The summed E-state index contributed by atoms with van der Waals surface area (Å²) < 4.78 is 1.65. The Labute approximate surface area is 127 Å². The summed E-state index contributed by atoms with van der Waals surface area (Å²) in [6, 6.07) is 11.2. The standard InChI is InChI=1S/C15H16N6O/c1-10(2)13-16-15(19-18-13)17-14(22)12-8-9-21(20-12)11-6-4-3-5-7-11/h3-10H,1-2H3,(H2,16,17,18,19,22). The van der Waals surface area contributed by atoms with Gasteiger partial charge in [0.1, 0.15) is 5.82 Å². The van der Waals surface area contributed by atoms with Gasteiger partial charge in [0, 0.05) is 12.1 Å². The lowest BCUT2D eigenvalue weighted by Gasteiger charge is -2.00. The van der Waals surface area contributed by atoms with Crippen molar-refractivity contribution in [2.24, 2.45) is 0 Å². The fourth-order valence-electron chi connectivity index (χ4n) is 1.92. The number of hydrogen-bond acceptors (Lipinski definition) is 4. The number of benzene rings is 1. The molecule has 3 aromatic rings. The first-order chi connectivity index (χ1) is 10.6. The second-order valence-electron chi connectivity index (χ2n) is 5.13. The lowest BCUT2D eigenvalue weighted by atomic mass is 10.2. The number of carbonyl (C=O) groups is 1. The maximum absolute atomic E-state index is 12.2. The fraction of sp³-hybridized carbons (Fsp3) is 0.200. The second-order valence-corrected chi connectivity index (χ2v) is 5.13. The van der Waals surface area contributed by atoms with Crippen LogP contribution in [0.2, 0.25) is 0 Å². The van der Waals surface area contributed by atoms with E-state index in [0.717, 1.165) is 11.5 Å². The van der Waals surface area contributed by atoms with E-state index in [4.69, 9.17) is 0 Å². The summed E-state index contributed by atoms with van der Waals surface area (Å²) >= 11 is 0. The van der Waals surface area contributed by atoms with Crippen molar-refractivity contribution < 1.29 is 4.79 Å². The smallest absolute Gasteiger partial charge is 0.278 e. The zero-order valence-corrected chi connectivity index (χ0v) is 12.3. The largest absolute Gasteiger partial charge is 0.288 e. The summed E-state index contributed by atoms with van der Waals surface area (Å²) in [5.74, 6) is 0.854. The molecule has 0 aliphatic rings. The Balaban J connectivity index is 1.74. The first-order valence-corrected chi connectivity index (χ1v) is 6.98. The van der Waals surface area contributed by atoms with Gasteiger partial charge < -0.3 is 0 Å². The van der Waals surface area contributed by atoms with Crippen molar-refractivity contribution in [1.82, 2.24) is 25.0 Å². The van der Waals surface area contributed by atoms with Crippen molar-refractivity contribution in [1.29, 1.82) is 0 Å². The number of aromatic amines is 1. The van der Waals surface area contributed by atoms with Crippen LogP contribution in [0.4, 0.5) is 5.95 Å². The van der Waals surface area contributed by atoms with Gasteiger partial charge in [-0.05, 0) is 18.2 Å². The van der Waals surface area contributed by atoms with Crippen LogP contribution in [-0.2, 0) is 0 Å². The minimum atomic E-state index is -0.344. The van der Waals surface area contributed by atoms with Gasteiger partial charge in [0.05, 0.1) is 5.69 Å².